The molecule has 0 aliphatic rings. The molecule has 1 aromatic carbocycles. The molecule has 3 nitrogen and oxygen atoms in total. The van der Waals surface area contributed by atoms with E-state index in [1.54, 1.807) is 6.07 Å². The van der Waals surface area contributed by atoms with Crippen molar-refractivity contribution in [2.24, 2.45) is 0 Å². The van der Waals surface area contributed by atoms with Gasteiger partial charge in [0.15, 0.2) is 0 Å². The molecule has 0 unspecified atom stereocenters. The van der Waals surface area contributed by atoms with Crippen molar-refractivity contribution in [3.05, 3.63) is 47.2 Å². The van der Waals surface area contributed by atoms with Gasteiger partial charge in [0.25, 0.3) is 0 Å². The Balaban J connectivity index is 2.37. The van der Waals surface area contributed by atoms with Gasteiger partial charge < -0.3 is 4.90 Å². The first-order valence-electron chi connectivity index (χ1n) is 4.97. The van der Waals surface area contributed by atoms with Crippen LogP contribution >= 0.6 is 11.6 Å². The molecule has 0 saturated carbocycles. The summed E-state index contributed by atoms with van der Waals surface area (Å²) in [5, 5.41) is 0.463. The van der Waals surface area contributed by atoms with Crippen LogP contribution in [-0.2, 0) is 0 Å². The molecule has 0 N–H and O–H groups in total. The highest BCUT2D eigenvalue weighted by Crippen LogP contribution is 2.21. The summed E-state index contributed by atoms with van der Waals surface area (Å²) in [4.78, 5) is 10.4. The van der Waals surface area contributed by atoms with Crippen LogP contribution < -0.4 is 4.90 Å². The Kier molecular flexibility index (Phi) is 3.06. The van der Waals surface area contributed by atoms with Crippen molar-refractivity contribution in [2.45, 2.75) is 6.92 Å². The average Bonchev–Trinajstić information content (AvgIpc) is 2.28. The summed E-state index contributed by atoms with van der Waals surface area (Å²) in [5.74, 6) is 0.608. The first kappa shape index (κ1) is 10.9. The molecule has 0 aliphatic carbocycles. The van der Waals surface area contributed by atoms with Crippen LogP contribution in [0.5, 0.6) is 0 Å². The lowest BCUT2D eigenvalue weighted by Crippen LogP contribution is -2.13. The maximum atomic E-state index is 5.90. The Bertz CT molecular complexity index is 465. The molecule has 82 valence electrons. The van der Waals surface area contributed by atoms with E-state index in [9.17, 15) is 0 Å². The van der Waals surface area contributed by atoms with Gasteiger partial charge in [0.1, 0.15) is 5.15 Å². The van der Waals surface area contributed by atoms with Crippen molar-refractivity contribution in [2.75, 3.05) is 11.9 Å². The first-order valence-corrected chi connectivity index (χ1v) is 5.34. The van der Waals surface area contributed by atoms with Gasteiger partial charge in [-0.25, -0.2) is 9.97 Å². The number of hydrogen-bond donors (Lipinski definition) is 0. The molecule has 0 fully saturated rings. The van der Waals surface area contributed by atoms with E-state index in [1.165, 1.54) is 0 Å². The number of benzene rings is 1. The lowest BCUT2D eigenvalue weighted by Gasteiger charge is -2.17. The van der Waals surface area contributed by atoms with Crippen molar-refractivity contribution >= 4 is 23.2 Å². The van der Waals surface area contributed by atoms with E-state index < -0.39 is 0 Å². The molecule has 2 rings (SSSR count). The number of para-hydroxylation sites is 1. The molecule has 2 aromatic rings. The van der Waals surface area contributed by atoms with E-state index in [2.05, 4.69) is 9.97 Å². The van der Waals surface area contributed by atoms with Gasteiger partial charge in [-0.2, -0.15) is 0 Å². The number of anilines is 2. The summed E-state index contributed by atoms with van der Waals surface area (Å²) < 4.78 is 0. The normalized spacial score (nSPS) is 10.2. The summed E-state index contributed by atoms with van der Waals surface area (Å²) in [7, 11) is 1.92. The second-order valence-electron chi connectivity index (χ2n) is 3.53. The van der Waals surface area contributed by atoms with Gasteiger partial charge in [0, 0.05) is 18.4 Å². The van der Waals surface area contributed by atoms with E-state index in [4.69, 9.17) is 11.6 Å². The Labute approximate surface area is 99.7 Å². The maximum Gasteiger partial charge on any atom is 0.231 e. The SMILES string of the molecule is Cc1cc(Cl)nc(N(C)c2ccccc2)n1. The van der Waals surface area contributed by atoms with E-state index >= 15 is 0 Å². The molecule has 0 spiro atoms. The summed E-state index contributed by atoms with van der Waals surface area (Å²) in [6, 6.07) is 11.7. The number of hydrogen-bond acceptors (Lipinski definition) is 3. The first-order chi connectivity index (χ1) is 7.66. The van der Waals surface area contributed by atoms with Crippen LogP contribution in [0.2, 0.25) is 5.15 Å². The molecule has 0 aliphatic heterocycles. The van der Waals surface area contributed by atoms with Gasteiger partial charge in [-0.1, -0.05) is 29.8 Å². The molecule has 0 saturated heterocycles. The van der Waals surface area contributed by atoms with Crippen LogP contribution in [0.25, 0.3) is 0 Å². The molecule has 1 aromatic heterocycles. The van der Waals surface area contributed by atoms with Crippen LogP contribution in [0.4, 0.5) is 11.6 Å². The third-order valence-corrected chi connectivity index (χ3v) is 2.45. The number of rotatable bonds is 2. The number of nitrogens with zero attached hydrogens (tertiary/aromatic N) is 3. The predicted octanol–water partition coefficient (Wildman–Crippen LogP) is 3.21. The van der Waals surface area contributed by atoms with Crippen LogP contribution in [0.3, 0.4) is 0 Å². The zero-order valence-corrected chi connectivity index (χ0v) is 9.94. The second-order valence-corrected chi connectivity index (χ2v) is 3.91. The van der Waals surface area contributed by atoms with Gasteiger partial charge in [0.05, 0.1) is 0 Å². The predicted molar refractivity (Wildman–Crippen MR) is 66.3 cm³/mol. The fourth-order valence-corrected chi connectivity index (χ4v) is 1.67. The molecule has 16 heavy (non-hydrogen) atoms. The van der Waals surface area contributed by atoms with Gasteiger partial charge in [0.2, 0.25) is 5.95 Å². The third kappa shape index (κ3) is 2.31. The van der Waals surface area contributed by atoms with E-state index in [0.717, 1.165) is 11.4 Å². The fraction of sp³-hybridized carbons (Fsp3) is 0.167. The smallest absolute Gasteiger partial charge is 0.231 e. The summed E-state index contributed by atoms with van der Waals surface area (Å²) in [6.45, 7) is 1.90. The quantitative estimate of drug-likeness (QED) is 0.746. The minimum atomic E-state index is 0.463. The Morgan fingerprint density at radius 1 is 1.12 bits per heavy atom. The van der Waals surface area contributed by atoms with Crippen molar-refractivity contribution in [1.82, 2.24) is 9.97 Å². The van der Waals surface area contributed by atoms with Crippen molar-refractivity contribution in [1.29, 1.82) is 0 Å². The summed E-state index contributed by atoms with van der Waals surface area (Å²) >= 11 is 5.90. The van der Waals surface area contributed by atoms with E-state index in [-0.39, 0.29) is 0 Å². The largest absolute Gasteiger partial charge is 0.314 e. The highest BCUT2D eigenvalue weighted by molar-refractivity contribution is 6.29. The molecular formula is C12H12ClN3. The molecule has 0 atom stereocenters. The minimum Gasteiger partial charge on any atom is -0.314 e. The van der Waals surface area contributed by atoms with E-state index in [0.29, 0.717) is 11.1 Å². The second kappa shape index (κ2) is 4.49. The van der Waals surface area contributed by atoms with Crippen LogP contribution in [0.1, 0.15) is 5.69 Å². The summed E-state index contributed by atoms with van der Waals surface area (Å²) in [5.41, 5.74) is 1.89. The summed E-state index contributed by atoms with van der Waals surface area (Å²) in [6.07, 6.45) is 0. The zero-order valence-electron chi connectivity index (χ0n) is 9.18. The molecular weight excluding hydrogens is 222 g/mol. The van der Waals surface area contributed by atoms with Crippen LogP contribution in [0, 0.1) is 6.92 Å². The fourth-order valence-electron chi connectivity index (χ4n) is 1.43. The highest BCUT2D eigenvalue weighted by Gasteiger charge is 2.07. The van der Waals surface area contributed by atoms with Crippen molar-refractivity contribution in [3.63, 3.8) is 0 Å². The number of halogens is 1. The molecule has 1 heterocycles. The lowest BCUT2D eigenvalue weighted by atomic mass is 10.3. The van der Waals surface area contributed by atoms with Gasteiger partial charge >= 0.3 is 0 Å². The monoisotopic (exact) mass is 233 g/mol. The number of aryl methyl sites for hydroxylation is 1. The number of aromatic nitrogens is 2. The standard InChI is InChI=1S/C12H12ClN3/c1-9-8-11(13)15-12(14-9)16(2)10-6-4-3-5-7-10/h3-8H,1-2H3. The zero-order chi connectivity index (χ0) is 11.5. The van der Waals surface area contributed by atoms with E-state index in [1.807, 2.05) is 49.2 Å². The Hall–Kier alpha value is -1.61. The average molecular weight is 234 g/mol. The van der Waals surface area contributed by atoms with Crippen molar-refractivity contribution in [3.8, 4) is 0 Å². The van der Waals surface area contributed by atoms with Crippen molar-refractivity contribution < 1.29 is 0 Å². The third-order valence-electron chi connectivity index (χ3n) is 2.25. The highest BCUT2D eigenvalue weighted by atomic mass is 35.5. The van der Waals surface area contributed by atoms with Gasteiger partial charge in [-0.15, -0.1) is 0 Å². The molecule has 0 amide bonds. The maximum absolute atomic E-state index is 5.90. The molecule has 4 heteroatoms. The van der Waals surface area contributed by atoms with Crippen LogP contribution in [0.15, 0.2) is 36.4 Å². The topological polar surface area (TPSA) is 29.0 Å². The molecule has 0 radical (unpaired) electrons. The lowest BCUT2D eigenvalue weighted by molar-refractivity contribution is 1.01. The Morgan fingerprint density at radius 2 is 1.81 bits per heavy atom. The van der Waals surface area contributed by atoms with Gasteiger partial charge in [-0.3, -0.25) is 0 Å². The minimum absolute atomic E-state index is 0.463. The molecule has 0 bridgehead atoms. The van der Waals surface area contributed by atoms with Gasteiger partial charge in [-0.05, 0) is 25.1 Å². The van der Waals surface area contributed by atoms with Crippen LogP contribution in [-0.4, -0.2) is 17.0 Å². The Morgan fingerprint density at radius 3 is 2.44 bits per heavy atom.